The number of carbonyl (C=O) groups excluding carboxylic acids is 1. The molecular weight excluding hydrogens is 474 g/mol. The molecule has 0 aliphatic carbocycles. The number of esters is 1. The lowest BCUT2D eigenvalue weighted by Gasteiger charge is -2.19. The Labute approximate surface area is 177 Å². The molecule has 2 rings (SSSR count). The maximum Gasteiger partial charge on any atom is 0.332 e. The molecule has 2 N–H and O–H groups in total. The van der Waals surface area contributed by atoms with Crippen molar-refractivity contribution in [2.24, 2.45) is 0 Å². The minimum Gasteiger partial charge on any atom is -0.458 e. The van der Waals surface area contributed by atoms with Crippen molar-refractivity contribution in [2.45, 2.75) is 33.0 Å². The van der Waals surface area contributed by atoms with E-state index in [1.54, 1.807) is 0 Å². The number of nitrogens with two attached hydrogens (primary N) is 1. The monoisotopic (exact) mass is 495 g/mol. The Kier molecular flexibility index (Phi) is 7.65. The average molecular weight is 497 g/mol. The number of rotatable bonds is 6. The van der Waals surface area contributed by atoms with Crippen molar-refractivity contribution in [1.29, 1.82) is 0 Å². The van der Waals surface area contributed by atoms with Crippen molar-refractivity contribution in [3.63, 3.8) is 0 Å². The van der Waals surface area contributed by atoms with Crippen LogP contribution in [0.1, 0.15) is 37.5 Å². The van der Waals surface area contributed by atoms with Crippen LogP contribution in [0.3, 0.4) is 0 Å². The molecule has 0 bridgehead atoms. The van der Waals surface area contributed by atoms with Gasteiger partial charge in [-0.3, -0.25) is 0 Å². The van der Waals surface area contributed by atoms with Crippen LogP contribution in [0.2, 0.25) is 0 Å². The van der Waals surface area contributed by atoms with Gasteiger partial charge in [0.2, 0.25) is 0 Å². The van der Waals surface area contributed by atoms with Crippen molar-refractivity contribution >= 4 is 55.7 Å². The lowest BCUT2D eigenvalue weighted by molar-refractivity contribution is -0.160. The molecule has 2 aromatic carbocycles. The van der Waals surface area contributed by atoms with Crippen molar-refractivity contribution in [3.05, 3.63) is 62.0 Å². The zero-order valence-electron chi connectivity index (χ0n) is 15.6. The predicted molar refractivity (Wildman–Crippen MR) is 117 cm³/mol. The van der Waals surface area contributed by atoms with Gasteiger partial charge in [-0.05, 0) is 56.2 Å². The quantitative estimate of drug-likeness (QED) is 0.311. The molecule has 0 unspecified atom stereocenters. The fraction of sp³-hybridized carbons (Fsp3) is 0.286. The molecule has 6 heteroatoms. The predicted octanol–water partition coefficient (Wildman–Crippen LogP) is 5.82. The zero-order valence-corrected chi connectivity index (χ0v) is 18.8. The highest BCUT2D eigenvalue weighted by Crippen LogP contribution is 2.29. The molecule has 0 aliphatic rings. The summed E-state index contributed by atoms with van der Waals surface area (Å²) >= 11 is 7.19. The fourth-order valence-corrected chi connectivity index (χ4v) is 3.89. The average Bonchev–Trinajstić information content (AvgIpc) is 2.52. The Hall–Kier alpha value is -1.63. The van der Waals surface area contributed by atoms with E-state index in [2.05, 4.69) is 31.9 Å². The number of carbonyl (C=O) groups is 1. The molecule has 0 spiro atoms. The third-order valence-corrected chi connectivity index (χ3v) is 4.71. The van der Waals surface area contributed by atoms with Crippen molar-refractivity contribution in [2.75, 3.05) is 12.3 Å². The van der Waals surface area contributed by atoms with Crippen LogP contribution < -0.4 is 5.73 Å². The van der Waals surface area contributed by atoms with E-state index >= 15 is 0 Å². The summed E-state index contributed by atoms with van der Waals surface area (Å²) in [5.74, 6) is -0.373. The molecule has 144 valence electrons. The molecule has 0 heterocycles. The number of nitrogen functional groups attached to an aromatic ring is 1. The van der Waals surface area contributed by atoms with Gasteiger partial charge >= 0.3 is 5.97 Å². The number of hydrogen-bond donors (Lipinski definition) is 1. The molecule has 0 saturated carbocycles. The van der Waals surface area contributed by atoms with E-state index in [1.807, 2.05) is 69.3 Å². The van der Waals surface area contributed by atoms with Crippen molar-refractivity contribution in [1.82, 2.24) is 0 Å². The summed E-state index contributed by atoms with van der Waals surface area (Å²) in [5, 5.41) is 0. The molecule has 0 amide bonds. The number of halogens is 2. The minimum atomic E-state index is -0.510. The first kappa shape index (κ1) is 21.7. The first-order chi connectivity index (χ1) is 12.6. The standard InChI is InChI=1S/C21H23Br2NO3/c1-21(2,3)27-20(25)13-26-12-15-10-18(22)17(19(23)11-15)8-7-14-5-4-6-16(24)9-14/h4-11H,12-13,24H2,1-3H3. The molecule has 0 aromatic heterocycles. The topological polar surface area (TPSA) is 61.5 Å². The van der Waals surface area contributed by atoms with E-state index in [4.69, 9.17) is 15.2 Å². The van der Waals surface area contributed by atoms with E-state index in [1.165, 1.54) is 0 Å². The number of hydrogen-bond acceptors (Lipinski definition) is 4. The Morgan fingerprint density at radius 2 is 1.78 bits per heavy atom. The van der Waals surface area contributed by atoms with Crippen LogP contribution in [0.4, 0.5) is 5.69 Å². The SMILES string of the molecule is CC(C)(C)OC(=O)COCc1cc(Br)c(C=Cc2cccc(N)c2)c(Br)c1. The van der Waals surface area contributed by atoms with Crippen LogP contribution >= 0.6 is 31.9 Å². The molecule has 0 fully saturated rings. The van der Waals surface area contributed by atoms with Crippen LogP contribution in [0.15, 0.2) is 45.3 Å². The van der Waals surface area contributed by atoms with Crippen molar-refractivity contribution < 1.29 is 14.3 Å². The molecule has 0 atom stereocenters. The fourth-order valence-electron chi connectivity index (χ4n) is 2.34. The maximum absolute atomic E-state index is 11.7. The second kappa shape index (κ2) is 9.53. The van der Waals surface area contributed by atoms with Gasteiger partial charge in [-0.2, -0.15) is 0 Å². The smallest absolute Gasteiger partial charge is 0.332 e. The lowest BCUT2D eigenvalue weighted by Crippen LogP contribution is -2.26. The van der Waals surface area contributed by atoms with Gasteiger partial charge in [0.05, 0.1) is 6.61 Å². The first-order valence-corrected chi connectivity index (χ1v) is 10.0. The van der Waals surface area contributed by atoms with E-state index in [-0.39, 0.29) is 12.6 Å². The summed E-state index contributed by atoms with van der Waals surface area (Å²) in [7, 11) is 0. The highest BCUT2D eigenvalue weighted by Gasteiger charge is 2.16. The normalized spacial score (nSPS) is 11.7. The van der Waals surface area contributed by atoms with Gasteiger partial charge in [-0.25, -0.2) is 4.79 Å². The van der Waals surface area contributed by atoms with Crippen LogP contribution in [0.25, 0.3) is 12.2 Å². The minimum absolute atomic E-state index is 0.0798. The molecule has 27 heavy (non-hydrogen) atoms. The highest BCUT2D eigenvalue weighted by atomic mass is 79.9. The van der Waals surface area contributed by atoms with Crippen LogP contribution in [0.5, 0.6) is 0 Å². The highest BCUT2D eigenvalue weighted by molar-refractivity contribution is 9.11. The summed E-state index contributed by atoms with van der Waals surface area (Å²) in [4.78, 5) is 11.7. The van der Waals surface area contributed by atoms with Gasteiger partial charge in [0.25, 0.3) is 0 Å². The first-order valence-electron chi connectivity index (χ1n) is 8.45. The Balaban J connectivity index is 2.01. The maximum atomic E-state index is 11.7. The molecule has 0 saturated heterocycles. The number of ether oxygens (including phenoxy) is 2. The Bertz CT molecular complexity index is 819. The van der Waals surface area contributed by atoms with E-state index < -0.39 is 5.60 Å². The van der Waals surface area contributed by atoms with Gasteiger partial charge < -0.3 is 15.2 Å². The lowest BCUT2D eigenvalue weighted by atomic mass is 10.1. The summed E-state index contributed by atoms with van der Waals surface area (Å²) in [5.41, 5.74) is 9.01. The summed E-state index contributed by atoms with van der Waals surface area (Å²) < 4.78 is 12.5. The second-order valence-corrected chi connectivity index (χ2v) is 8.76. The van der Waals surface area contributed by atoms with Crippen LogP contribution in [-0.4, -0.2) is 18.2 Å². The van der Waals surface area contributed by atoms with Crippen LogP contribution in [-0.2, 0) is 20.9 Å². The summed E-state index contributed by atoms with van der Waals surface area (Å²) in [6.45, 7) is 5.72. The Morgan fingerprint density at radius 3 is 2.37 bits per heavy atom. The molecule has 4 nitrogen and oxygen atoms in total. The van der Waals surface area contributed by atoms with E-state index in [0.29, 0.717) is 6.61 Å². The molecule has 0 aliphatic heterocycles. The second-order valence-electron chi connectivity index (χ2n) is 7.06. The molecular formula is C21H23Br2NO3. The molecule has 0 radical (unpaired) electrons. The summed E-state index contributed by atoms with van der Waals surface area (Å²) in [6, 6.07) is 11.6. The van der Waals surface area contributed by atoms with Gasteiger partial charge in [0.15, 0.2) is 0 Å². The number of benzene rings is 2. The number of anilines is 1. The van der Waals surface area contributed by atoms with Gasteiger partial charge in [-0.1, -0.05) is 56.1 Å². The zero-order chi connectivity index (χ0) is 20.0. The van der Waals surface area contributed by atoms with E-state index in [9.17, 15) is 4.79 Å². The van der Waals surface area contributed by atoms with Gasteiger partial charge in [-0.15, -0.1) is 0 Å². The third kappa shape index (κ3) is 7.48. The largest absolute Gasteiger partial charge is 0.458 e. The van der Waals surface area contributed by atoms with Crippen LogP contribution in [0, 0.1) is 0 Å². The summed E-state index contributed by atoms with van der Waals surface area (Å²) in [6.07, 6.45) is 4.01. The molecule has 2 aromatic rings. The van der Waals surface area contributed by atoms with Gasteiger partial charge in [0, 0.05) is 20.2 Å². The van der Waals surface area contributed by atoms with Gasteiger partial charge in [0.1, 0.15) is 12.2 Å². The van der Waals surface area contributed by atoms with E-state index in [0.717, 1.165) is 31.3 Å². The Morgan fingerprint density at radius 1 is 1.11 bits per heavy atom. The third-order valence-electron chi connectivity index (χ3n) is 3.40. The van der Waals surface area contributed by atoms with Crippen molar-refractivity contribution in [3.8, 4) is 0 Å².